The van der Waals surface area contributed by atoms with Crippen LogP contribution < -0.4 is 0 Å². The zero-order valence-corrected chi connectivity index (χ0v) is 13.3. The molecule has 2 rings (SSSR count). The monoisotopic (exact) mass is 384 g/mol. The summed E-state index contributed by atoms with van der Waals surface area (Å²) in [5, 5.41) is 0. The van der Waals surface area contributed by atoms with E-state index in [1.807, 2.05) is 60.7 Å². The molecule has 2 atom stereocenters. The van der Waals surface area contributed by atoms with E-state index in [4.69, 9.17) is 0 Å². The van der Waals surface area contributed by atoms with Gasteiger partial charge < -0.3 is 0 Å². The Labute approximate surface area is 132 Å². The molecule has 0 spiro atoms. The quantitative estimate of drug-likeness (QED) is 0.743. The molecule has 2 nitrogen and oxygen atoms in total. The molecule has 0 radical (unpaired) electrons. The Morgan fingerprint density at radius 2 is 0.947 bits per heavy atom. The van der Waals surface area contributed by atoms with Gasteiger partial charge in [0, 0.05) is 41.7 Å². The number of hydrogen-bond donors (Lipinski definition) is 0. The summed E-state index contributed by atoms with van der Waals surface area (Å²) in [6.45, 7) is 0. The van der Waals surface area contributed by atoms with Gasteiger partial charge in [0.25, 0.3) is 0 Å². The molecular formula is C14H14O2PdS2. The van der Waals surface area contributed by atoms with E-state index in [-0.39, 0.29) is 20.4 Å². The second kappa shape index (κ2) is 8.55. The minimum atomic E-state index is -1.07. The van der Waals surface area contributed by atoms with Crippen molar-refractivity contribution in [3.63, 3.8) is 0 Å². The van der Waals surface area contributed by atoms with Crippen LogP contribution in [0.4, 0.5) is 0 Å². The molecule has 104 valence electrons. The van der Waals surface area contributed by atoms with Crippen molar-refractivity contribution < 1.29 is 28.8 Å². The van der Waals surface area contributed by atoms with Crippen LogP contribution in [0.1, 0.15) is 0 Å². The molecule has 2 unspecified atom stereocenters. The van der Waals surface area contributed by atoms with Crippen LogP contribution in [0.25, 0.3) is 0 Å². The van der Waals surface area contributed by atoms with Gasteiger partial charge in [0.1, 0.15) is 0 Å². The van der Waals surface area contributed by atoms with Crippen LogP contribution in [-0.2, 0) is 42.0 Å². The van der Waals surface area contributed by atoms with Crippen molar-refractivity contribution in [2.24, 2.45) is 0 Å². The van der Waals surface area contributed by atoms with Gasteiger partial charge in [-0.15, -0.1) is 0 Å². The first kappa shape index (κ1) is 16.5. The molecule has 0 saturated carbocycles. The Balaban J connectivity index is 0.00000180. The van der Waals surface area contributed by atoms with Crippen molar-refractivity contribution in [2.75, 3.05) is 11.5 Å². The largest absolute Gasteiger partial charge is 0.254 e. The van der Waals surface area contributed by atoms with Crippen LogP contribution in [0.3, 0.4) is 0 Å². The Morgan fingerprint density at radius 1 is 0.632 bits per heavy atom. The molecule has 5 heteroatoms. The summed E-state index contributed by atoms with van der Waals surface area (Å²) >= 11 is 0. The van der Waals surface area contributed by atoms with Crippen molar-refractivity contribution in [3.8, 4) is 0 Å². The third kappa shape index (κ3) is 5.12. The molecule has 2 aromatic carbocycles. The summed E-state index contributed by atoms with van der Waals surface area (Å²) in [5.41, 5.74) is 0. The van der Waals surface area contributed by atoms with E-state index >= 15 is 0 Å². The smallest absolute Gasteiger partial charge is 0.0538 e. The standard InChI is InChI=1S/C14H14O2S2.Pd/c15-17(13-7-3-1-4-8-13)11-12-18(16)14-9-5-2-6-10-14;/h1-10H,11-12H2;. The summed E-state index contributed by atoms with van der Waals surface area (Å²) in [7, 11) is -2.14. The second-order valence-electron chi connectivity index (χ2n) is 3.73. The molecular weight excluding hydrogens is 371 g/mol. The van der Waals surface area contributed by atoms with Gasteiger partial charge in [-0.25, -0.2) is 0 Å². The molecule has 0 fully saturated rings. The maximum Gasteiger partial charge on any atom is 0.0538 e. The van der Waals surface area contributed by atoms with Crippen molar-refractivity contribution in [2.45, 2.75) is 9.79 Å². The number of hydrogen-bond acceptors (Lipinski definition) is 2. The fraction of sp³-hybridized carbons (Fsp3) is 0.143. The topological polar surface area (TPSA) is 34.1 Å². The van der Waals surface area contributed by atoms with Gasteiger partial charge in [-0.2, -0.15) is 0 Å². The van der Waals surface area contributed by atoms with Crippen molar-refractivity contribution in [1.82, 2.24) is 0 Å². The SMILES string of the molecule is O=S(CCS(=O)c1ccccc1)c1ccccc1.[Pd]. The van der Waals surface area contributed by atoms with Gasteiger partial charge >= 0.3 is 0 Å². The summed E-state index contributed by atoms with van der Waals surface area (Å²) in [6.07, 6.45) is 0. The van der Waals surface area contributed by atoms with Gasteiger partial charge in [-0.05, 0) is 24.3 Å². The summed E-state index contributed by atoms with van der Waals surface area (Å²) < 4.78 is 23.9. The molecule has 0 N–H and O–H groups in total. The number of benzene rings is 2. The van der Waals surface area contributed by atoms with Gasteiger partial charge in [0.2, 0.25) is 0 Å². The van der Waals surface area contributed by atoms with Crippen molar-refractivity contribution in [3.05, 3.63) is 60.7 Å². The van der Waals surface area contributed by atoms with Crippen molar-refractivity contribution >= 4 is 21.6 Å². The van der Waals surface area contributed by atoms with E-state index in [1.165, 1.54) is 0 Å². The average molecular weight is 385 g/mol. The van der Waals surface area contributed by atoms with Gasteiger partial charge in [-0.1, -0.05) is 36.4 Å². The average Bonchev–Trinajstić information content (AvgIpc) is 2.46. The zero-order chi connectivity index (χ0) is 12.8. The van der Waals surface area contributed by atoms with E-state index in [0.29, 0.717) is 11.5 Å². The summed E-state index contributed by atoms with van der Waals surface area (Å²) in [4.78, 5) is 1.59. The third-order valence-electron chi connectivity index (χ3n) is 2.47. The maximum atomic E-state index is 12.0. The van der Waals surface area contributed by atoms with Crippen LogP contribution in [0.15, 0.2) is 70.5 Å². The number of rotatable bonds is 5. The normalized spacial score (nSPS) is 13.3. The van der Waals surface area contributed by atoms with Crippen LogP contribution in [0.2, 0.25) is 0 Å². The fourth-order valence-electron chi connectivity index (χ4n) is 1.53. The maximum absolute atomic E-state index is 12.0. The molecule has 0 aliphatic rings. The Bertz CT molecular complexity index is 492. The third-order valence-corrected chi connectivity index (χ3v) is 5.47. The molecule has 0 saturated heterocycles. The molecule has 0 aromatic heterocycles. The van der Waals surface area contributed by atoms with Crippen LogP contribution in [0, 0.1) is 0 Å². The molecule has 0 amide bonds. The minimum Gasteiger partial charge on any atom is -0.254 e. The fourth-order valence-corrected chi connectivity index (χ4v) is 4.14. The first-order valence-corrected chi connectivity index (χ1v) is 8.28. The van der Waals surface area contributed by atoms with Crippen LogP contribution in [0.5, 0.6) is 0 Å². The summed E-state index contributed by atoms with van der Waals surface area (Å²) in [6, 6.07) is 18.6. The Hall–Kier alpha value is -0.598. The first-order valence-electron chi connectivity index (χ1n) is 5.64. The van der Waals surface area contributed by atoms with Crippen LogP contribution >= 0.6 is 0 Å². The first-order chi connectivity index (χ1) is 8.77. The second-order valence-corrected chi connectivity index (χ2v) is 6.87. The van der Waals surface area contributed by atoms with E-state index in [9.17, 15) is 8.42 Å². The molecule has 19 heavy (non-hydrogen) atoms. The van der Waals surface area contributed by atoms with E-state index in [0.717, 1.165) is 9.79 Å². The van der Waals surface area contributed by atoms with Gasteiger partial charge in [0.05, 0.1) is 21.6 Å². The predicted octanol–water partition coefficient (Wildman–Crippen LogP) is 2.60. The molecule has 0 heterocycles. The van der Waals surface area contributed by atoms with Crippen LogP contribution in [-0.4, -0.2) is 19.9 Å². The van der Waals surface area contributed by atoms with Crippen molar-refractivity contribution in [1.29, 1.82) is 0 Å². The predicted molar refractivity (Wildman–Crippen MR) is 75.4 cm³/mol. The van der Waals surface area contributed by atoms with Gasteiger partial charge in [0.15, 0.2) is 0 Å². The summed E-state index contributed by atoms with van der Waals surface area (Å²) in [5.74, 6) is 0.844. The minimum absolute atomic E-state index is 0. The van der Waals surface area contributed by atoms with E-state index in [1.54, 1.807) is 0 Å². The van der Waals surface area contributed by atoms with E-state index < -0.39 is 21.6 Å². The molecule has 0 aliphatic carbocycles. The van der Waals surface area contributed by atoms with Gasteiger partial charge in [-0.3, -0.25) is 8.42 Å². The zero-order valence-electron chi connectivity index (χ0n) is 10.1. The van der Waals surface area contributed by atoms with E-state index in [2.05, 4.69) is 0 Å². The molecule has 0 aliphatic heterocycles. The Morgan fingerprint density at radius 3 is 1.26 bits per heavy atom. The Kier molecular flexibility index (Phi) is 7.40. The molecule has 0 bridgehead atoms. The molecule has 2 aromatic rings.